The lowest BCUT2D eigenvalue weighted by molar-refractivity contribution is 0.306. The molecule has 0 atom stereocenters. The summed E-state index contributed by atoms with van der Waals surface area (Å²) in [5, 5.41) is 0.699. The number of hydrazine groups is 1. The predicted octanol–water partition coefficient (Wildman–Crippen LogP) is 2.60. The number of benzene rings is 1. The fraction of sp³-hybridized carbons (Fsp3) is 0.0833. The molecule has 0 bridgehead atoms. The topological polar surface area (TPSA) is 60.2 Å². The number of aromatic nitrogens is 1. The molecule has 0 saturated heterocycles. The Balaban J connectivity index is 2.02. The van der Waals surface area contributed by atoms with E-state index in [1.165, 1.54) is 0 Å². The normalized spacial score (nSPS) is 10.0. The van der Waals surface area contributed by atoms with Gasteiger partial charge in [0.05, 0.1) is 0 Å². The molecule has 3 N–H and O–H groups in total. The third-order valence-corrected chi connectivity index (χ3v) is 2.41. The summed E-state index contributed by atoms with van der Waals surface area (Å²) in [6.07, 6.45) is 1.63. The molecule has 4 nitrogen and oxygen atoms in total. The minimum atomic E-state index is 0.453. The van der Waals surface area contributed by atoms with E-state index in [4.69, 9.17) is 22.2 Å². The van der Waals surface area contributed by atoms with Gasteiger partial charge in [-0.3, -0.25) is 0 Å². The van der Waals surface area contributed by atoms with E-state index in [-0.39, 0.29) is 0 Å². The van der Waals surface area contributed by atoms with E-state index in [1.54, 1.807) is 18.3 Å². The Labute approximate surface area is 104 Å². The number of hydrogen-bond donors (Lipinski definition) is 2. The van der Waals surface area contributed by atoms with Crippen LogP contribution < -0.4 is 16.0 Å². The molecular formula is C12H12ClN3O. The Morgan fingerprint density at radius 1 is 1.29 bits per heavy atom. The maximum Gasteiger partial charge on any atom is 0.143 e. The van der Waals surface area contributed by atoms with Crippen LogP contribution >= 0.6 is 11.6 Å². The molecule has 1 heterocycles. The molecule has 2 rings (SSSR count). The molecule has 0 aliphatic carbocycles. The van der Waals surface area contributed by atoms with Gasteiger partial charge in [0, 0.05) is 17.3 Å². The molecule has 88 valence electrons. The standard InChI is InChI=1S/C12H12ClN3O/c13-10-3-1-2-9(6-10)8-17-11-4-5-15-12(7-11)16-14/h1-7H,8,14H2,(H,15,16). The molecule has 1 aromatic carbocycles. The first-order valence-electron chi connectivity index (χ1n) is 5.08. The number of nitrogens with two attached hydrogens (primary N) is 1. The van der Waals surface area contributed by atoms with Crippen LogP contribution in [0.3, 0.4) is 0 Å². The molecular weight excluding hydrogens is 238 g/mol. The van der Waals surface area contributed by atoms with Gasteiger partial charge in [0.25, 0.3) is 0 Å². The zero-order valence-corrected chi connectivity index (χ0v) is 9.82. The van der Waals surface area contributed by atoms with Crippen LogP contribution in [0.25, 0.3) is 0 Å². The van der Waals surface area contributed by atoms with E-state index >= 15 is 0 Å². The number of nitrogens with one attached hydrogen (secondary N) is 1. The second kappa shape index (κ2) is 5.52. The summed E-state index contributed by atoms with van der Waals surface area (Å²) in [5.74, 6) is 6.53. The first-order chi connectivity index (χ1) is 8.28. The summed E-state index contributed by atoms with van der Waals surface area (Å²) < 4.78 is 5.60. The average Bonchev–Trinajstić information content (AvgIpc) is 2.37. The number of pyridine rings is 1. The molecule has 0 fully saturated rings. The SMILES string of the molecule is NNc1cc(OCc2cccc(Cl)c2)ccn1. The zero-order valence-electron chi connectivity index (χ0n) is 9.06. The van der Waals surface area contributed by atoms with Crippen molar-refractivity contribution in [1.29, 1.82) is 0 Å². The van der Waals surface area contributed by atoms with E-state index < -0.39 is 0 Å². The number of nitrogen functional groups attached to an aromatic ring is 1. The van der Waals surface area contributed by atoms with E-state index in [2.05, 4.69) is 10.4 Å². The van der Waals surface area contributed by atoms with Gasteiger partial charge in [-0.15, -0.1) is 0 Å². The van der Waals surface area contributed by atoms with Crippen molar-refractivity contribution in [2.24, 2.45) is 5.84 Å². The Morgan fingerprint density at radius 3 is 2.94 bits per heavy atom. The number of hydrogen-bond acceptors (Lipinski definition) is 4. The number of anilines is 1. The van der Waals surface area contributed by atoms with Gasteiger partial charge < -0.3 is 10.2 Å². The highest BCUT2D eigenvalue weighted by molar-refractivity contribution is 6.30. The first kappa shape index (κ1) is 11.7. The molecule has 1 aromatic heterocycles. The van der Waals surface area contributed by atoms with E-state index in [0.717, 1.165) is 5.56 Å². The fourth-order valence-corrected chi connectivity index (χ4v) is 1.59. The molecule has 17 heavy (non-hydrogen) atoms. The highest BCUT2D eigenvalue weighted by Gasteiger charge is 1.98. The van der Waals surface area contributed by atoms with Crippen molar-refractivity contribution in [2.75, 3.05) is 5.43 Å². The maximum absolute atomic E-state index is 5.88. The van der Waals surface area contributed by atoms with Crippen LogP contribution in [0.5, 0.6) is 5.75 Å². The summed E-state index contributed by atoms with van der Waals surface area (Å²) in [5.41, 5.74) is 3.47. The van der Waals surface area contributed by atoms with Crippen molar-refractivity contribution in [3.8, 4) is 5.75 Å². The van der Waals surface area contributed by atoms with Gasteiger partial charge in [-0.25, -0.2) is 10.8 Å². The van der Waals surface area contributed by atoms with Crippen molar-refractivity contribution in [3.63, 3.8) is 0 Å². The summed E-state index contributed by atoms with van der Waals surface area (Å²) >= 11 is 5.88. The van der Waals surface area contributed by atoms with Crippen LogP contribution in [-0.4, -0.2) is 4.98 Å². The fourth-order valence-electron chi connectivity index (χ4n) is 1.37. The van der Waals surface area contributed by atoms with Crippen molar-refractivity contribution in [1.82, 2.24) is 4.98 Å². The smallest absolute Gasteiger partial charge is 0.143 e. The molecule has 2 aromatic rings. The van der Waals surface area contributed by atoms with E-state index in [0.29, 0.717) is 23.2 Å². The predicted molar refractivity (Wildman–Crippen MR) is 67.8 cm³/mol. The van der Waals surface area contributed by atoms with Crippen LogP contribution in [-0.2, 0) is 6.61 Å². The second-order valence-corrected chi connectivity index (χ2v) is 3.88. The highest BCUT2D eigenvalue weighted by atomic mass is 35.5. The van der Waals surface area contributed by atoms with Crippen molar-refractivity contribution < 1.29 is 4.74 Å². The zero-order chi connectivity index (χ0) is 12.1. The molecule has 0 saturated carbocycles. The highest BCUT2D eigenvalue weighted by Crippen LogP contribution is 2.17. The molecule has 0 aliphatic heterocycles. The van der Waals surface area contributed by atoms with Gasteiger partial charge in [-0.2, -0.15) is 0 Å². The molecule has 0 unspecified atom stereocenters. The van der Waals surface area contributed by atoms with Crippen LogP contribution in [0.1, 0.15) is 5.56 Å². The molecule has 0 radical (unpaired) electrons. The lowest BCUT2D eigenvalue weighted by Gasteiger charge is -2.07. The average molecular weight is 250 g/mol. The quantitative estimate of drug-likeness (QED) is 0.646. The largest absolute Gasteiger partial charge is 0.489 e. The first-order valence-corrected chi connectivity index (χ1v) is 5.45. The van der Waals surface area contributed by atoms with Crippen LogP contribution in [0.2, 0.25) is 5.02 Å². The number of halogens is 1. The Bertz CT molecular complexity index is 505. The Hall–Kier alpha value is -1.78. The van der Waals surface area contributed by atoms with E-state index in [1.807, 2.05) is 24.3 Å². The second-order valence-electron chi connectivity index (χ2n) is 3.44. The molecule has 0 aliphatic rings. The molecule has 5 heteroatoms. The number of nitrogens with zero attached hydrogens (tertiary/aromatic N) is 1. The van der Waals surface area contributed by atoms with Gasteiger partial charge in [0.2, 0.25) is 0 Å². The van der Waals surface area contributed by atoms with Gasteiger partial charge >= 0.3 is 0 Å². The van der Waals surface area contributed by atoms with Crippen LogP contribution in [0.4, 0.5) is 5.82 Å². The van der Waals surface area contributed by atoms with Crippen molar-refractivity contribution in [2.45, 2.75) is 6.61 Å². The lowest BCUT2D eigenvalue weighted by atomic mass is 10.2. The minimum Gasteiger partial charge on any atom is -0.489 e. The van der Waals surface area contributed by atoms with E-state index in [9.17, 15) is 0 Å². The van der Waals surface area contributed by atoms with Gasteiger partial charge in [0.1, 0.15) is 18.2 Å². The van der Waals surface area contributed by atoms with Crippen LogP contribution in [0, 0.1) is 0 Å². The van der Waals surface area contributed by atoms with Gasteiger partial charge in [-0.05, 0) is 23.8 Å². The van der Waals surface area contributed by atoms with Gasteiger partial charge in [0.15, 0.2) is 0 Å². The van der Waals surface area contributed by atoms with Crippen molar-refractivity contribution in [3.05, 3.63) is 53.2 Å². The summed E-state index contributed by atoms with van der Waals surface area (Å²) in [6, 6.07) is 11.0. The lowest BCUT2D eigenvalue weighted by Crippen LogP contribution is -2.08. The summed E-state index contributed by atoms with van der Waals surface area (Å²) in [4.78, 5) is 3.99. The summed E-state index contributed by atoms with van der Waals surface area (Å²) in [7, 11) is 0. The number of ether oxygens (including phenoxy) is 1. The molecule has 0 spiro atoms. The summed E-state index contributed by atoms with van der Waals surface area (Å²) in [6.45, 7) is 0.453. The Morgan fingerprint density at radius 2 is 2.18 bits per heavy atom. The monoisotopic (exact) mass is 249 g/mol. The third kappa shape index (κ3) is 3.34. The minimum absolute atomic E-state index is 0.453. The molecule has 0 amide bonds. The van der Waals surface area contributed by atoms with Crippen LogP contribution in [0.15, 0.2) is 42.6 Å². The maximum atomic E-state index is 5.88. The van der Waals surface area contributed by atoms with Crippen molar-refractivity contribution >= 4 is 17.4 Å². The third-order valence-electron chi connectivity index (χ3n) is 2.17. The van der Waals surface area contributed by atoms with Gasteiger partial charge in [-0.1, -0.05) is 23.7 Å². The number of rotatable bonds is 4. The Kier molecular flexibility index (Phi) is 3.80.